The first-order valence-electron chi connectivity index (χ1n) is 42.3. The van der Waals surface area contributed by atoms with Crippen molar-refractivity contribution in [2.45, 2.75) is 210 Å². The molecule has 16 aromatic rings. The van der Waals surface area contributed by atoms with E-state index in [1.165, 1.54) is 19.0 Å². The van der Waals surface area contributed by atoms with Crippen LogP contribution < -0.4 is 44.2 Å². The number of amides is 4. The lowest BCUT2D eigenvalue weighted by molar-refractivity contribution is -0.116. The fraction of sp³-hybridized carbons (Fsp3) is 0.337. The maximum Gasteiger partial charge on any atom is 0.231 e. The summed E-state index contributed by atoms with van der Waals surface area (Å²) in [4.78, 5) is 80.1. The standard InChI is InChI=1S/3C24H28N6O2.C23H27N7O2/c1-14(2)30-12-17(21-22(25)26-13-27-23(21)30)16-8-6-15(7-9-16)10-19(31)28-20-11-18(29-32-20)24(3,4)5;1-14(2)18-11-17(22-23(25)26-13-27-30(18)22)16-8-6-15(7-9-16)10-20(31)28-21-12-19(29-32-21)24(3,4)5;1-14(2)23-28-20(21-22(25)26-10-11-30(21)23)16-8-6-15(7-9-16)12-18(31)27-19-13-17(29-32-19)24(3,4)5;1-13(2)30-22-19(21(24)25-12-26-22)20(28-30)15-8-6-14(7-9-15)10-17(31)27-18-11-16(29-32-18)23(3,4)5/h2*6-9,11-14H,10H2,1-5H3,(H,28,31)(H2,25,26,27);6-11,13-14H,12H2,1-5H3,(H2,25,26)(H,27,31);6-9,11-13H,10H2,1-5H3,(H,27,31)(H2,24,25,26). The van der Waals surface area contributed by atoms with Crippen LogP contribution in [0.5, 0.6) is 0 Å². The van der Waals surface area contributed by atoms with Crippen LogP contribution in [0.3, 0.4) is 0 Å². The van der Waals surface area contributed by atoms with Gasteiger partial charge in [0.15, 0.2) is 11.5 Å². The molecule has 0 aliphatic carbocycles. The van der Waals surface area contributed by atoms with E-state index < -0.39 is 0 Å². The summed E-state index contributed by atoms with van der Waals surface area (Å²) >= 11 is 0. The number of imidazole rings is 1. The third-order valence-corrected chi connectivity index (χ3v) is 21.1. The van der Waals surface area contributed by atoms with E-state index in [1.807, 2.05) is 214 Å². The number of benzene rings is 4. The molecular formula is C95H111N25O8. The Balaban J connectivity index is 0.000000146. The van der Waals surface area contributed by atoms with E-state index in [4.69, 9.17) is 51.1 Å². The Morgan fingerprint density at radius 2 is 0.773 bits per heavy atom. The van der Waals surface area contributed by atoms with E-state index in [0.29, 0.717) is 52.5 Å². The average molecular weight is 1730 g/mol. The zero-order valence-corrected chi connectivity index (χ0v) is 75.9. The summed E-state index contributed by atoms with van der Waals surface area (Å²) in [6.07, 6.45) is 10.9. The highest BCUT2D eigenvalue weighted by atomic mass is 16.5. The van der Waals surface area contributed by atoms with Crippen molar-refractivity contribution in [3.63, 3.8) is 0 Å². The molecule has 12 N–H and O–H groups in total. The lowest BCUT2D eigenvalue weighted by Gasteiger charge is -2.12. The van der Waals surface area contributed by atoms with Crippen LogP contribution in [0.1, 0.15) is 219 Å². The molecule has 0 spiro atoms. The van der Waals surface area contributed by atoms with Gasteiger partial charge in [-0.3, -0.25) is 44.8 Å². The molecular weight excluding hydrogens is 1620 g/mol. The van der Waals surface area contributed by atoms with Gasteiger partial charge in [0.05, 0.1) is 59.2 Å². The third kappa shape index (κ3) is 21.1. The Hall–Kier alpha value is -14.8. The number of aromatic nitrogens is 17. The summed E-state index contributed by atoms with van der Waals surface area (Å²) < 4.78 is 28.7. The van der Waals surface area contributed by atoms with Gasteiger partial charge in [0.25, 0.3) is 0 Å². The summed E-state index contributed by atoms with van der Waals surface area (Å²) in [5.41, 5.74) is 42.1. The third-order valence-electron chi connectivity index (χ3n) is 21.1. The number of nitrogens with zero attached hydrogens (tertiary/aromatic N) is 17. The predicted octanol–water partition coefficient (Wildman–Crippen LogP) is 18.0. The monoisotopic (exact) mass is 1730 g/mol. The Morgan fingerprint density at radius 3 is 1.16 bits per heavy atom. The van der Waals surface area contributed by atoms with Gasteiger partial charge >= 0.3 is 0 Å². The van der Waals surface area contributed by atoms with E-state index in [9.17, 15) is 19.2 Å². The zero-order valence-electron chi connectivity index (χ0n) is 75.9. The van der Waals surface area contributed by atoms with Crippen LogP contribution in [-0.4, -0.2) is 108 Å². The van der Waals surface area contributed by atoms with Gasteiger partial charge in [0.1, 0.15) is 70.3 Å². The van der Waals surface area contributed by atoms with Crippen LogP contribution in [0, 0.1) is 0 Å². The van der Waals surface area contributed by atoms with Gasteiger partial charge in [-0.05, 0) is 73.1 Å². The van der Waals surface area contributed by atoms with Crippen LogP contribution in [0.25, 0.3) is 77.9 Å². The number of rotatable bonds is 20. The van der Waals surface area contributed by atoms with Crippen molar-refractivity contribution in [1.29, 1.82) is 0 Å². The van der Waals surface area contributed by atoms with Gasteiger partial charge < -0.3 is 45.6 Å². The highest BCUT2D eigenvalue weighted by Crippen LogP contribution is 2.39. The molecule has 33 heteroatoms. The SMILES string of the molecule is CC(C)c1cc(-c2ccc(CC(=O)Nc3cc(C(C)(C)C)no3)cc2)c2c(N)ncnn12.CC(C)c1nc(-c2ccc(CC(=O)Nc3cc(C(C)(C)C)no3)cc2)c2c(N)nccn12.CC(C)n1cc(-c2ccc(CC(=O)Nc3cc(C(C)(C)C)no3)cc2)c2c(N)ncnc21.CC(C)n1nc(-c2ccc(CC(=O)Nc3cc(C(C)(C)C)no3)cc2)c2c(N)ncnc21. The summed E-state index contributed by atoms with van der Waals surface area (Å²) in [5, 5.41) is 37.8. The molecule has 0 bridgehead atoms. The molecule has 0 unspecified atom stereocenters. The summed E-state index contributed by atoms with van der Waals surface area (Å²) in [7, 11) is 0. The minimum Gasteiger partial charge on any atom is -0.383 e. The molecule has 16 rings (SSSR count). The van der Waals surface area contributed by atoms with Gasteiger partial charge in [0, 0.05) is 110 Å². The van der Waals surface area contributed by atoms with E-state index in [0.717, 1.165) is 129 Å². The highest BCUT2D eigenvalue weighted by Gasteiger charge is 2.28. The van der Waals surface area contributed by atoms with Crippen LogP contribution in [0.2, 0.25) is 0 Å². The maximum atomic E-state index is 12.5. The average Bonchev–Trinajstić information content (AvgIpc) is 1.64. The molecule has 0 aliphatic rings. The first kappa shape index (κ1) is 90.9. The largest absolute Gasteiger partial charge is 0.383 e. The predicted molar refractivity (Wildman–Crippen MR) is 497 cm³/mol. The fourth-order valence-corrected chi connectivity index (χ4v) is 14.1. The van der Waals surface area contributed by atoms with Gasteiger partial charge in [-0.2, -0.15) is 10.2 Å². The minimum atomic E-state index is -0.179. The molecule has 4 aromatic carbocycles. The molecule has 4 amide bonds. The number of carbonyl (C=O) groups is 4. The Labute approximate surface area is 741 Å². The van der Waals surface area contributed by atoms with Crippen LogP contribution in [0.15, 0.2) is 183 Å². The molecule has 0 saturated heterocycles. The molecule has 0 radical (unpaired) electrons. The number of nitrogens with one attached hydrogen (secondary N) is 4. The first-order chi connectivity index (χ1) is 60.5. The number of fused-ring (bicyclic) bond motifs is 4. The highest BCUT2D eigenvalue weighted by molar-refractivity contribution is 6.02. The molecule has 0 aliphatic heterocycles. The van der Waals surface area contributed by atoms with E-state index in [-0.39, 0.29) is 94.9 Å². The van der Waals surface area contributed by atoms with Crippen molar-refractivity contribution in [2.75, 3.05) is 44.2 Å². The zero-order chi connectivity index (χ0) is 92.2. The maximum absolute atomic E-state index is 12.5. The van der Waals surface area contributed by atoms with E-state index in [2.05, 4.69) is 135 Å². The van der Waals surface area contributed by atoms with Crippen molar-refractivity contribution < 1.29 is 37.3 Å². The number of anilines is 8. The summed E-state index contributed by atoms with van der Waals surface area (Å²) in [6, 6.07) is 40.6. The summed E-state index contributed by atoms with van der Waals surface area (Å²) in [6.45, 7) is 41.1. The topological polar surface area (TPSA) is 459 Å². The quantitative estimate of drug-likeness (QED) is 0.0351. The van der Waals surface area contributed by atoms with Gasteiger partial charge in [-0.1, -0.05) is 228 Å². The molecule has 12 heterocycles. The van der Waals surface area contributed by atoms with Crippen molar-refractivity contribution in [1.82, 2.24) is 83.9 Å². The number of nitrogen functional groups attached to an aromatic ring is 4. The molecule has 12 aromatic heterocycles. The number of hydrogen-bond donors (Lipinski definition) is 8. The normalized spacial score (nSPS) is 11.9. The van der Waals surface area contributed by atoms with E-state index in [1.54, 1.807) is 30.5 Å². The number of carbonyl (C=O) groups excluding carboxylic acids is 4. The van der Waals surface area contributed by atoms with Gasteiger partial charge in [-0.25, -0.2) is 44.1 Å². The van der Waals surface area contributed by atoms with Crippen molar-refractivity contribution >= 4 is 104 Å². The molecule has 0 atom stereocenters. The Bertz CT molecular complexity index is 5850. The smallest absolute Gasteiger partial charge is 0.231 e. The second kappa shape index (κ2) is 37.2. The lowest BCUT2D eigenvalue weighted by Crippen LogP contribution is -2.14. The van der Waals surface area contributed by atoms with Crippen LogP contribution in [-0.2, 0) is 66.5 Å². The Kier molecular flexibility index (Phi) is 26.4. The molecule has 0 fully saturated rings. The lowest BCUT2D eigenvalue weighted by atomic mass is 9.92. The van der Waals surface area contributed by atoms with Crippen molar-refractivity contribution in [2.24, 2.45) is 0 Å². The number of nitrogens with two attached hydrogens (primary N) is 4. The van der Waals surface area contributed by atoms with Crippen molar-refractivity contribution in [3.05, 3.63) is 222 Å². The second-order valence-electron chi connectivity index (χ2n) is 36.9. The molecule has 33 nitrogen and oxygen atoms in total. The number of hydrogen-bond acceptors (Lipinski definition) is 25. The first-order valence-corrected chi connectivity index (χ1v) is 42.3. The summed E-state index contributed by atoms with van der Waals surface area (Å²) in [5.74, 6) is 3.89. The van der Waals surface area contributed by atoms with Crippen LogP contribution >= 0.6 is 0 Å². The second-order valence-corrected chi connectivity index (χ2v) is 36.9. The fourth-order valence-electron chi connectivity index (χ4n) is 14.1. The van der Waals surface area contributed by atoms with E-state index >= 15 is 0 Å². The van der Waals surface area contributed by atoms with Gasteiger partial charge in [-0.15, -0.1) is 0 Å². The van der Waals surface area contributed by atoms with Gasteiger partial charge in [0.2, 0.25) is 47.2 Å². The van der Waals surface area contributed by atoms with Crippen molar-refractivity contribution in [3.8, 4) is 44.8 Å². The van der Waals surface area contributed by atoms with Crippen LogP contribution in [0.4, 0.5) is 46.8 Å². The molecule has 0 saturated carbocycles. The molecule has 128 heavy (non-hydrogen) atoms. The Morgan fingerprint density at radius 1 is 0.398 bits per heavy atom. The minimum absolute atomic E-state index is 0.124. The molecule has 664 valence electrons.